The van der Waals surface area contributed by atoms with Crippen LogP contribution in [0.2, 0.25) is 0 Å². The summed E-state index contributed by atoms with van der Waals surface area (Å²) in [6.07, 6.45) is 0.530. The SMILES string of the molecule is CC(NC(=O)c1ccc2c(c1)CC(=O)N2)C1CCN(C(=O)[C@H](C)NC(=O)O)CC1. The Bertz CT molecular complexity index is 832. The molecule has 0 saturated carbocycles. The summed E-state index contributed by atoms with van der Waals surface area (Å²) in [6.45, 7) is 4.54. The number of nitrogens with zero attached hydrogens (tertiary/aromatic N) is 1. The highest BCUT2D eigenvalue weighted by Crippen LogP contribution is 2.25. The number of hydrogen-bond acceptors (Lipinski definition) is 4. The largest absolute Gasteiger partial charge is 0.465 e. The molecule has 1 aromatic rings. The first-order valence-electron chi connectivity index (χ1n) is 9.76. The number of anilines is 1. The fourth-order valence-corrected chi connectivity index (χ4v) is 3.92. The quantitative estimate of drug-likeness (QED) is 0.588. The number of likely N-dealkylation sites (tertiary alicyclic amines) is 1. The highest BCUT2D eigenvalue weighted by molar-refractivity contribution is 6.01. The van der Waals surface area contributed by atoms with Crippen molar-refractivity contribution in [1.82, 2.24) is 15.5 Å². The lowest BCUT2D eigenvalue weighted by atomic mass is 9.90. The fraction of sp³-hybridized carbons (Fsp3) is 0.500. The monoisotopic (exact) mass is 402 g/mol. The van der Waals surface area contributed by atoms with Crippen LogP contribution in [0.4, 0.5) is 10.5 Å². The number of nitrogens with one attached hydrogen (secondary N) is 3. The Kier molecular flexibility index (Phi) is 6.05. The van der Waals surface area contributed by atoms with E-state index in [-0.39, 0.29) is 36.1 Å². The second-order valence-corrected chi connectivity index (χ2v) is 7.69. The van der Waals surface area contributed by atoms with Gasteiger partial charge in [-0.25, -0.2) is 4.79 Å². The average Bonchev–Trinajstić information content (AvgIpc) is 3.06. The van der Waals surface area contributed by atoms with Crippen molar-refractivity contribution in [2.75, 3.05) is 18.4 Å². The molecule has 9 heteroatoms. The number of carbonyl (C=O) groups is 4. The summed E-state index contributed by atoms with van der Waals surface area (Å²) in [6, 6.07) is 4.35. The first-order chi connectivity index (χ1) is 13.7. The summed E-state index contributed by atoms with van der Waals surface area (Å²) in [4.78, 5) is 48.7. The van der Waals surface area contributed by atoms with E-state index in [9.17, 15) is 19.2 Å². The molecule has 1 unspecified atom stereocenters. The molecule has 2 heterocycles. The second-order valence-electron chi connectivity index (χ2n) is 7.69. The van der Waals surface area contributed by atoms with Crippen LogP contribution < -0.4 is 16.0 Å². The molecule has 2 aliphatic rings. The van der Waals surface area contributed by atoms with E-state index < -0.39 is 12.1 Å². The molecule has 9 nitrogen and oxygen atoms in total. The van der Waals surface area contributed by atoms with Crippen molar-refractivity contribution in [2.24, 2.45) is 5.92 Å². The lowest BCUT2D eigenvalue weighted by Crippen LogP contribution is -2.51. The lowest BCUT2D eigenvalue weighted by molar-refractivity contribution is -0.134. The zero-order valence-corrected chi connectivity index (χ0v) is 16.5. The molecule has 156 valence electrons. The third-order valence-electron chi connectivity index (χ3n) is 5.62. The Labute approximate surface area is 168 Å². The topological polar surface area (TPSA) is 128 Å². The fourth-order valence-electron chi connectivity index (χ4n) is 3.92. The molecule has 0 aromatic heterocycles. The maximum Gasteiger partial charge on any atom is 0.405 e. The van der Waals surface area contributed by atoms with E-state index in [1.807, 2.05) is 6.92 Å². The minimum atomic E-state index is -1.22. The van der Waals surface area contributed by atoms with Gasteiger partial charge in [0.1, 0.15) is 6.04 Å². The molecular formula is C20H26N4O5. The average molecular weight is 402 g/mol. The highest BCUT2D eigenvalue weighted by atomic mass is 16.4. The summed E-state index contributed by atoms with van der Waals surface area (Å²) < 4.78 is 0. The maximum absolute atomic E-state index is 12.6. The highest BCUT2D eigenvalue weighted by Gasteiger charge is 2.30. The van der Waals surface area contributed by atoms with Crippen LogP contribution in [0, 0.1) is 5.92 Å². The summed E-state index contributed by atoms with van der Waals surface area (Å²) >= 11 is 0. The molecular weight excluding hydrogens is 376 g/mol. The van der Waals surface area contributed by atoms with Gasteiger partial charge in [0.15, 0.2) is 0 Å². The molecule has 2 atom stereocenters. The molecule has 1 fully saturated rings. The molecule has 1 aromatic carbocycles. The molecule has 4 amide bonds. The van der Waals surface area contributed by atoms with Crippen molar-refractivity contribution < 1.29 is 24.3 Å². The van der Waals surface area contributed by atoms with E-state index in [2.05, 4.69) is 16.0 Å². The summed E-state index contributed by atoms with van der Waals surface area (Å²) in [7, 11) is 0. The standard InChI is InChI=1S/C20H26N4O5/c1-11(13-5-7-24(8-6-13)19(27)12(2)22-20(28)29)21-18(26)14-3-4-16-15(9-14)10-17(25)23-16/h3-4,9,11-13,22H,5-8,10H2,1-2H3,(H,21,26)(H,23,25)(H,28,29)/t11?,12-/m0/s1. The minimum absolute atomic E-state index is 0.0673. The maximum atomic E-state index is 12.6. The van der Waals surface area contributed by atoms with Gasteiger partial charge in [0.25, 0.3) is 5.91 Å². The Morgan fingerprint density at radius 1 is 1.17 bits per heavy atom. The normalized spacial score (nSPS) is 18.4. The van der Waals surface area contributed by atoms with Gasteiger partial charge in [0, 0.05) is 30.4 Å². The summed E-state index contributed by atoms with van der Waals surface area (Å²) in [5.41, 5.74) is 2.10. The van der Waals surface area contributed by atoms with E-state index in [0.717, 1.165) is 24.1 Å². The van der Waals surface area contributed by atoms with Gasteiger partial charge in [-0.15, -0.1) is 0 Å². The van der Waals surface area contributed by atoms with Crippen molar-refractivity contribution in [3.05, 3.63) is 29.3 Å². The van der Waals surface area contributed by atoms with Crippen LogP contribution in [0.5, 0.6) is 0 Å². The van der Waals surface area contributed by atoms with Crippen LogP contribution in [-0.4, -0.2) is 59.0 Å². The van der Waals surface area contributed by atoms with Crippen LogP contribution in [0.3, 0.4) is 0 Å². The Morgan fingerprint density at radius 2 is 1.86 bits per heavy atom. The van der Waals surface area contributed by atoms with Crippen LogP contribution in [0.25, 0.3) is 0 Å². The number of amides is 4. The molecule has 1 saturated heterocycles. The van der Waals surface area contributed by atoms with Gasteiger partial charge in [0.2, 0.25) is 11.8 Å². The van der Waals surface area contributed by atoms with E-state index in [0.29, 0.717) is 18.7 Å². The molecule has 0 spiro atoms. The van der Waals surface area contributed by atoms with Gasteiger partial charge in [-0.1, -0.05) is 0 Å². The van der Waals surface area contributed by atoms with E-state index in [1.165, 1.54) is 6.92 Å². The number of carbonyl (C=O) groups excluding carboxylic acids is 3. The number of rotatable bonds is 5. The zero-order chi connectivity index (χ0) is 21.1. The first kappa shape index (κ1) is 20.6. The van der Waals surface area contributed by atoms with Crippen molar-refractivity contribution in [3.63, 3.8) is 0 Å². The molecule has 4 N–H and O–H groups in total. The van der Waals surface area contributed by atoms with Crippen LogP contribution in [0.1, 0.15) is 42.6 Å². The number of fused-ring (bicyclic) bond motifs is 1. The molecule has 3 rings (SSSR count). The van der Waals surface area contributed by atoms with Crippen molar-refractivity contribution in [3.8, 4) is 0 Å². The first-order valence-corrected chi connectivity index (χ1v) is 9.76. The number of benzene rings is 1. The van der Waals surface area contributed by atoms with Gasteiger partial charge >= 0.3 is 6.09 Å². The van der Waals surface area contributed by atoms with Crippen LogP contribution >= 0.6 is 0 Å². The van der Waals surface area contributed by atoms with E-state index >= 15 is 0 Å². The third-order valence-corrected chi connectivity index (χ3v) is 5.62. The zero-order valence-electron chi connectivity index (χ0n) is 16.5. The molecule has 0 bridgehead atoms. The van der Waals surface area contributed by atoms with Crippen molar-refractivity contribution in [2.45, 2.75) is 45.2 Å². The van der Waals surface area contributed by atoms with Crippen LogP contribution in [-0.2, 0) is 16.0 Å². The Hall–Kier alpha value is -3.10. The van der Waals surface area contributed by atoms with Crippen molar-refractivity contribution >= 4 is 29.5 Å². The van der Waals surface area contributed by atoms with E-state index in [4.69, 9.17) is 5.11 Å². The predicted molar refractivity (Wildman–Crippen MR) is 106 cm³/mol. The van der Waals surface area contributed by atoms with Crippen molar-refractivity contribution in [1.29, 1.82) is 0 Å². The van der Waals surface area contributed by atoms with Gasteiger partial charge in [-0.2, -0.15) is 0 Å². The van der Waals surface area contributed by atoms with Gasteiger partial charge in [-0.3, -0.25) is 14.4 Å². The number of carboxylic acid groups (broad SMARTS) is 1. The van der Waals surface area contributed by atoms with Crippen LogP contribution in [0.15, 0.2) is 18.2 Å². The molecule has 29 heavy (non-hydrogen) atoms. The molecule has 2 aliphatic heterocycles. The number of hydrogen-bond donors (Lipinski definition) is 4. The van der Waals surface area contributed by atoms with E-state index in [1.54, 1.807) is 23.1 Å². The third kappa shape index (κ3) is 4.85. The molecule has 0 aliphatic carbocycles. The summed E-state index contributed by atoms with van der Waals surface area (Å²) in [5.74, 6) is -0.259. The second kappa shape index (κ2) is 8.50. The predicted octanol–water partition coefficient (Wildman–Crippen LogP) is 1.19. The Morgan fingerprint density at radius 3 is 2.52 bits per heavy atom. The molecule has 0 radical (unpaired) electrons. The van der Waals surface area contributed by atoms with Gasteiger partial charge in [-0.05, 0) is 56.4 Å². The minimum Gasteiger partial charge on any atom is -0.465 e. The summed E-state index contributed by atoms with van der Waals surface area (Å²) in [5, 5.41) is 16.7. The van der Waals surface area contributed by atoms with Gasteiger partial charge in [0.05, 0.1) is 6.42 Å². The smallest absolute Gasteiger partial charge is 0.405 e. The lowest BCUT2D eigenvalue weighted by Gasteiger charge is -2.36. The number of piperidine rings is 1. The Balaban J connectivity index is 1.51. The van der Waals surface area contributed by atoms with Gasteiger partial charge < -0.3 is 26.0 Å².